The minimum Gasteiger partial charge on any atom is -0.379 e. The number of rotatable bonds is 2. The standard InChI is InChI=1S/C14H25N3/c1-9-6-7-10(2)13(8-9)15-14-11(3)16-17(5)12(14)4/h9-10,13,15H,6-8H2,1-5H3. The zero-order valence-electron chi connectivity index (χ0n) is 11.7. The van der Waals surface area contributed by atoms with Crippen molar-refractivity contribution in [2.45, 2.75) is 53.0 Å². The van der Waals surface area contributed by atoms with Crippen LogP contribution in [0, 0.1) is 25.7 Å². The highest BCUT2D eigenvalue weighted by atomic mass is 15.3. The molecular formula is C14H25N3. The number of nitrogens with one attached hydrogen (secondary N) is 1. The summed E-state index contributed by atoms with van der Waals surface area (Å²) in [5.74, 6) is 1.62. The van der Waals surface area contributed by atoms with Crippen molar-refractivity contribution in [3.8, 4) is 0 Å². The molecule has 3 atom stereocenters. The Morgan fingerprint density at radius 3 is 2.53 bits per heavy atom. The van der Waals surface area contributed by atoms with Crippen LogP contribution in [0.4, 0.5) is 5.69 Å². The highest BCUT2D eigenvalue weighted by Gasteiger charge is 2.26. The molecule has 0 saturated heterocycles. The Hall–Kier alpha value is -0.990. The zero-order valence-corrected chi connectivity index (χ0v) is 11.7. The van der Waals surface area contributed by atoms with E-state index in [9.17, 15) is 0 Å². The monoisotopic (exact) mass is 235 g/mol. The van der Waals surface area contributed by atoms with Crippen LogP contribution in [0.3, 0.4) is 0 Å². The first-order valence-corrected chi connectivity index (χ1v) is 6.75. The largest absolute Gasteiger partial charge is 0.379 e. The summed E-state index contributed by atoms with van der Waals surface area (Å²) in [4.78, 5) is 0. The van der Waals surface area contributed by atoms with Gasteiger partial charge in [0.05, 0.1) is 17.1 Å². The van der Waals surface area contributed by atoms with E-state index in [1.807, 2.05) is 11.7 Å². The molecule has 0 spiro atoms. The molecule has 1 heterocycles. The van der Waals surface area contributed by atoms with Gasteiger partial charge in [-0.25, -0.2) is 0 Å². The second kappa shape index (κ2) is 4.71. The molecule has 1 aliphatic carbocycles. The number of nitrogens with zero attached hydrogens (tertiary/aromatic N) is 2. The summed E-state index contributed by atoms with van der Waals surface area (Å²) >= 11 is 0. The zero-order chi connectivity index (χ0) is 12.6. The van der Waals surface area contributed by atoms with Gasteiger partial charge in [-0.2, -0.15) is 5.10 Å². The fourth-order valence-corrected chi connectivity index (χ4v) is 2.90. The molecule has 17 heavy (non-hydrogen) atoms. The average molecular weight is 235 g/mol. The second-order valence-corrected chi connectivity index (χ2v) is 5.82. The van der Waals surface area contributed by atoms with E-state index in [1.54, 1.807) is 0 Å². The maximum atomic E-state index is 4.47. The number of anilines is 1. The normalized spacial score (nSPS) is 29.4. The molecule has 2 rings (SSSR count). The highest BCUT2D eigenvalue weighted by molar-refractivity contribution is 5.52. The first kappa shape index (κ1) is 12.5. The van der Waals surface area contributed by atoms with E-state index in [-0.39, 0.29) is 0 Å². The molecule has 0 aliphatic heterocycles. The van der Waals surface area contributed by atoms with Crippen molar-refractivity contribution in [3.05, 3.63) is 11.4 Å². The van der Waals surface area contributed by atoms with Crippen LogP contribution in [0.25, 0.3) is 0 Å². The van der Waals surface area contributed by atoms with Gasteiger partial charge in [0, 0.05) is 13.1 Å². The predicted molar refractivity (Wildman–Crippen MR) is 72.3 cm³/mol. The Labute approximate surface area is 105 Å². The fraction of sp³-hybridized carbons (Fsp3) is 0.786. The van der Waals surface area contributed by atoms with Crippen LogP contribution in [0.1, 0.15) is 44.5 Å². The second-order valence-electron chi connectivity index (χ2n) is 5.82. The Morgan fingerprint density at radius 2 is 1.94 bits per heavy atom. The van der Waals surface area contributed by atoms with Gasteiger partial charge in [0.25, 0.3) is 0 Å². The van der Waals surface area contributed by atoms with E-state index in [0.29, 0.717) is 6.04 Å². The molecule has 3 nitrogen and oxygen atoms in total. The summed E-state index contributed by atoms with van der Waals surface area (Å²) in [6, 6.07) is 0.611. The van der Waals surface area contributed by atoms with E-state index in [2.05, 4.69) is 38.1 Å². The van der Waals surface area contributed by atoms with Crippen molar-refractivity contribution < 1.29 is 0 Å². The van der Waals surface area contributed by atoms with Crippen LogP contribution in [-0.4, -0.2) is 15.8 Å². The molecule has 1 fully saturated rings. The molecule has 1 aliphatic rings. The van der Waals surface area contributed by atoms with Gasteiger partial charge in [0.15, 0.2) is 0 Å². The van der Waals surface area contributed by atoms with Crippen LogP contribution in [0.5, 0.6) is 0 Å². The lowest BCUT2D eigenvalue weighted by atomic mass is 9.80. The molecule has 3 unspecified atom stereocenters. The first-order valence-electron chi connectivity index (χ1n) is 6.75. The third-order valence-corrected chi connectivity index (χ3v) is 4.30. The smallest absolute Gasteiger partial charge is 0.0827 e. The Morgan fingerprint density at radius 1 is 1.24 bits per heavy atom. The number of hydrogen-bond acceptors (Lipinski definition) is 2. The van der Waals surface area contributed by atoms with Crippen molar-refractivity contribution >= 4 is 5.69 Å². The minimum atomic E-state index is 0.611. The Kier molecular flexibility index (Phi) is 3.45. The molecule has 0 aromatic carbocycles. The fourth-order valence-electron chi connectivity index (χ4n) is 2.90. The number of hydrogen-bond donors (Lipinski definition) is 1. The third kappa shape index (κ3) is 2.48. The topological polar surface area (TPSA) is 29.9 Å². The minimum absolute atomic E-state index is 0.611. The highest BCUT2D eigenvalue weighted by Crippen LogP contribution is 2.32. The van der Waals surface area contributed by atoms with Gasteiger partial charge in [0.1, 0.15) is 0 Å². The van der Waals surface area contributed by atoms with E-state index in [4.69, 9.17) is 0 Å². The first-order chi connectivity index (χ1) is 7.99. The lowest BCUT2D eigenvalue weighted by Gasteiger charge is -2.34. The van der Waals surface area contributed by atoms with Crippen molar-refractivity contribution in [1.29, 1.82) is 0 Å². The van der Waals surface area contributed by atoms with Crippen molar-refractivity contribution in [3.63, 3.8) is 0 Å². The van der Waals surface area contributed by atoms with Gasteiger partial charge in [-0.05, 0) is 38.5 Å². The summed E-state index contributed by atoms with van der Waals surface area (Å²) in [6.07, 6.45) is 4.01. The summed E-state index contributed by atoms with van der Waals surface area (Å²) in [6.45, 7) is 8.96. The van der Waals surface area contributed by atoms with Gasteiger partial charge >= 0.3 is 0 Å². The lowest BCUT2D eigenvalue weighted by Crippen LogP contribution is -2.33. The van der Waals surface area contributed by atoms with E-state index in [0.717, 1.165) is 17.5 Å². The molecule has 96 valence electrons. The van der Waals surface area contributed by atoms with Crippen molar-refractivity contribution in [2.24, 2.45) is 18.9 Å². The van der Waals surface area contributed by atoms with Gasteiger partial charge in [-0.1, -0.05) is 20.3 Å². The molecule has 1 saturated carbocycles. The molecule has 1 aromatic heterocycles. The van der Waals surface area contributed by atoms with E-state index in [1.165, 1.54) is 30.6 Å². The van der Waals surface area contributed by atoms with Gasteiger partial charge < -0.3 is 5.32 Å². The van der Waals surface area contributed by atoms with Gasteiger partial charge in [0.2, 0.25) is 0 Å². The maximum Gasteiger partial charge on any atom is 0.0827 e. The summed E-state index contributed by atoms with van der Waals surface area (Å²) in [5.41, 5.74) is 3.61. The van der Waals surface area contributed by atoms with Gasteiger partial charge in [-0.15, -0.1) is 0 Å². The van der Waals surface area contributed by atoms with E-state index < -0.39 is 0 Å². The molecular weight excluding hydrogens is 210 g/mol. The van der Waals surface area contributed by atoms with Crippen molar-refractivity contribution in [1.82, 2.24) is 9.78 Å². The molecule has 0 amide bonds. The third-order valence-electron chi connectivity index (χ3n) is 4.30. The SMILES string of the molecule is Cc1nn(C)c(C)c1NC1CC(C)CCC1C. The number of aromatic nitrogens is 2. The van der Waals surface area contributed by atoms with Gasteiger partial charge in [-0.3, -0.25) is 4.68 Å². The summed E-state index contributed by atoms with van der Waals surface area (Å²) < 4.78 is 1.97. The number of aryl methyl sites for hydroxylation is 2. The van der Waals surface area contributed by atoms with E-state index >= 15 is 0 Å². The van der Waals surface area contributed by atoms with Crippen LogP contribution < -0.4 is 5.32 Å². The van der Waals surface area contributed by atoms with Crippen LogP contribution in [0.2, 0.25) is 0 Å². The Balaban J connectivity index is 2.14. The molecule has 3 heteroatoms. The van der Waals surface area contributed by atoms with Crippen LogP contribution in [0.15, 0.2) is 0 Å². The van der Waals surface area contributed by atoms with Crippen LogP contribution in [-0.2, 0) is 7.05 Å². The molecule has 0 radical (unpaired) electrons. The quantitative estimate of drug-likeness (QED) is 0.852. The molecule has 1 aromatic rings. The average Bonchev–Trinajstić information content (AvgIpc) is 2.50. The maximum absolute atomic E-state index is 4.47. The molecule has 0 bridgehead atoms. The predicted octanol–water partition coefficient (Wildman–Crippen LogP) is 3.27. The van der Waals surface area contributed by atoms with Crippen LogP contribution >= 0.6 is 0 Å². The lowest BCUT2D eigenvalue weighted by molar-refractivity contribution is 0.280. The summed E-state index contributed by atoms with van der Waals surface area (Å²) in [7, 11) is 2.01. The summed E-state index contributed by atoms with van der Waals surface area (Å²) in [5, 5.41) is 8.21. The Bertz CT molecular complexity index is 394. The van der Waals surface area contributed by atoms with Crippen molar-refractivity contribution in [2.75, 3.05) is 5.32 Å². The molecule has 1 N–H and O–H groups in total.